The molecule has 0 bridgehead atoms. The number of rotatable bonds is 5. The van der Waals surface area contributed by atoms with Crippen LogP contribution in [0.5, 0.6) is 5.75 Å². The van der Waals surface area contributed by atoms with E-state index >= 15 is 0 Å². The number of amides is 1. The van der Waals surface area contributed by atoms with Crippen LogP contribution in [0.25, 0.3) is 6.08 Å². The summed E-state index contributed by atoms with van der Waals surface area (Å²) in [4.78, 5) is 20.3. The molecule has 0 aliphatic carbocycles. The Morgan fingerprint density at radius 3 is 2.41 bits per heavy atom. The van der Waals surface area contributed by atoms with Crippen LogP contribution in [0.4, 0.5) is 5.69 Å². The molecular formula is C24H20N2O2S. The first-order valence-electron chi connectivity index (χ1n) is 9.26. The van der Waals surface area contributed by atoms with E-state index in [9.17, 15) is 4.79 Å². The molecular weight excluding hydrogens is 380 g/mol. The molecule has 0 saturated carbocycles. The number of amidine groups is 1. The molecule has 1 saturated heterocycles. The number of thioether (sulfide) groups is 1. The lowest BCUT2D eigenvalue weighted by Gasteiger charge is -2.15. The zero-order valence-corrected chi connectivity index (χ0v) is 16.8. The Morgan fingerprint density at radius 1 is 0.966 bits per heavy atom. The number of aliphatic imine (C=N–C) groups is 1. The summed E-state index contributed by atoms with van der Waals surface area (Å²) in [5.41, 5.74) is 2.80. The van der Waals surface area contributed by atoms with Gasteiger partial charge in [0.25, 0.3) is 5.91 Å². The Bertz CT molecular complexity index is 1060. The van der Waals surface area contributed by atoms with Gasteiger partial charge in [0.05, 0.1) is 24.2 Å². The summed E-state index contributed by atoms with van der Waals surface area (Å²) in [5, 5.41) is 0.680. The lowest BCUT2D eigenvalue weighted by molar-refractivity contribution is -0.122. The van der Waals surface area contributed by atoms with E-state index in [1.807, 2.05) is 91.0 Å². The quantitative estimate of drug-likeness (QED) is 0.531. The van der Waals surface area contributed by atoms with E-state index in [0.717, 1.165) is 22.6 Å². The van der Waals surface area contributed by atoms with Crippen LogP contribution in [-0.2, 0) is 11.3 Å². The number of para-hydroxylation sites is 1. The average molecular weight is 401 g/mol. The summed E-state index contributed by atoms with van der Waals surface area (Å²) < 4.78 is 5.29. The SMILES string of the molecule is COc1cccc(C=C2SC(=Nc3ccccc3)N(Cc3ccccc3)C2=O)c1. The van der Waals surface area contributed by atoms with E-state index in [0.29, 0.717) is 16.6 Å². The van der Waals surface area contributed by atoms with E-state index in [1.165, 1.54) is 11.8 Å². The van der Waals surface area contributed by atoms with E-state index in [-0.39, 0.29) is 5.91 Å². The van der Waals surface area contributed by atoms with E-state index in [1.54, 1.807) is 12.0 Å². The number of carbonyl (C=O) groups excluding carboxylic acids is 1. The van der Waals surface area contributed by atoms with Crippen LogP contribution in [0.2, 0.25) is 0 Å². The van der Waals surface area contributed by atoms with Crippen LogP contribution in [0.15, 0.2) is 94.8 Å². The summed E-state index contributed by atoms with van der Waals surface area (Å²) in [5.74, 6) is 0.713. The molecule has 0 atom stereocenters. The lowest BCUT2D eigenvalue weighted by atomic mass is 10.2. The summed E-state index contributed by atoms with van der Waals surface area (Å²) >= 11 is 1.40. The molecule has 1 heterocycles. The van der Waals surface area contributed by atoms with Gasteiger partial charge in [-0.2, -0.15) is 0 Å². The molecule has 5 heteroatoms. The van der Waals surface area contributed by atoms with Crippen molar-refractivity contribution in [3.63, 3.8) is 0 Å². The fraction of sp³-hybridized carbons (Fsp3) is 0.0833. The third-order valence-corrected chi connectivity index (χ3v) is 5.45. The molecule has 0 unspecified atom stereocenters. The van der Waals surface area contributed by atoms with Crippen LogP contribution in [0.3, 0.4) is 0 Å². The monoisotopic (exact) mass is 400 g/mol. The Kier molecular flexibility index (Phi) is 5.77. The van der Waals surface area contributed by atoms with Crippen molar-refractivity contribution in [1.82, 2.24) is 4.90 Å². The minimum atomic E-state index is -0.0450. The molecule has 4 rings (SSSR count). The van der Waals surface area contributed by atoms with Crippen molar-refractivity contribution in [2.24, 2.45) is 4.99 Å². The Hall–Kier alpha value is -3.31. The van der Waals surface area contributed by atoms with Gasteiger partial charge in [-0.05, 0) is 53.2 Å². The van der Waals surface area contributed by atoms with Crippen molar-refractivity contribution < 1.29 is 9.53 Å². The van der Waals surface area contributed by atoms with E-state index < -0.39 is 0 Å². The van der Waals surface area contributed by atoms with Crippen molar-refractivity contribution in [3.05, 3.63) is 101 Å². The maximum Gasteiger partial charge on any atom is 0.267 e. The molecule has 144 valence electrons. The molecule has 0 aromatic heterocycles. The molecule has 0 radical (unpaired) electrons. The highest BCUT2D eigenvalue weighted by molar-refractivity contribution is 8.18. The van der Waals surface area contributed by atoms with Crippen molar-refractivity contribution in [2.45, 2.75) is 6.54 Å². The molecule has 29 heavy (non-hydrogen) atoms. The molecule has 1 fully saturated rings. The molecule has 1 aliphatic rings. The number of nitrogens with zero attached hydrogens (tertiary/aromatic N) is 2. The summed E-state index contributed by atoms with van der Waals surface area (Å²) in [6, 6.07) is 27.3. The highest BCUT2D eigenvalue weighted by atomic mass is 32.2. The smallest absolute Gasteiger partial charge is 0.267 e. The number of hydrogen-bond acceptors (Lipinski definition) is 4. The minimum absolute atomic E-state index is 0.0450. The van der Waals surface area contributed by atoms with Crippen molar-refractivity contribution in [2.75, 3.05) is 7.11 Å². The zero-order valence-electron chi connectivity index (χ0n) is 16.0. The number of carbonyl (C=O) groups is 1. The molecule has 1 amide bonds. The Balaban J connectivity index is 1.69. The van der Waals surface area contributed by atoms with Gasteiger partial charge in [0, 0.05) is 0 Å². The Labute approximate surface area is 174 Å². The first-order valence-corrected chi connectivity index (χ1v) is 10.1. The lowest BCUT2D eigenvalue weighted by Crippen LogP contribution is -2.28. The number of hydrogen-bond donors (Lipinski definition) is 0. The minimum Gasteiger partial charge on any atom is -0.497 e. The third kappa shape index (κ3) is 4.58. The van der Waals surface area contributed by atoms with Gasteiger partial charge in [0.15, 0.2) is 5.17 Å². The van der Waals surface area contributed by atoms with Gasteiger partial charge in [-0.25, -0.2) is 4.99 Å². The van der Waals surface area contributed by atoms with Gasteiger partial charge in [0.2, 0.25) is 0 Å². The summed E-state index contributed by atoms with van der Waals surface area (Å²) in [6.07, 6.45) is 1.89. The molecule has 3 aromatic carbocycles. The normalized spacial score (nSPS) is 16.6. The highest BCUT2D eigenvalue weighted by Gasteiger charge is 2.33. The maximum absolute atomic E-state index is 13.2. The Morgan fingerprint density at radius 2 is 1.69 bits per heavy atom. The molecule has 1 aliphatic heterocycles. The van der Waals surface area contributed by atoms with Crippen LogP contribution < -0.4 is 4.74 Å². The van der Waals surface area contributed by atoms with Crippen molar-refractivity contribution >= 4 is 34.6 Å². The van der Waals surface area contributed by atoms with E-state index in [2.05, 4.69) is 0 Å². The van der Waals surface area contributed by atoms with E-state index in [4.69, 9.17) is 9.73 Å². The van der Waals surface area contributed by atoms with Gasteiger partial charge in [-0.1, -0.05) is 60.7 Å². The van der Waals surface area contributed by atoms with Gasteiger partial charge < -0.3 is 4.74 Å². The summed E-state index contributed by atoms with van der Waals surface area (Å²) in [7, 11) is 1.63. The third-order valence-electron chi connectivity index (χ3n) is 4.44. The summed E-state index contributed by atoms with van der Waals surface area (Å²) in [6.45, 7) is 0.480. The number of benzene rings is 3. The largest absolute Gasteiger partial charge is 0.497 e. The van der Waals surface area contributed by atoms with Crippen LogP contribution >= 0.6 is 11.8 Å². The van der Waals surface area contributed by atoms with Crippen molar-refractivity contribution in [1.29, 1.82) is 0 Å². The van der Waals surface area contributed by atoms with Gasteiger partial charge in [0.1, 0.15) is 5.75 Å². The predicted molar refractivity (Wildman–Crippen MR) is 119 cm³/mol. The maximum atomic E-state index is 13.2. The van der Waals surface area contributed by atoms with Gasteiger partial charge >= 0.3 is 0 Å². The van der Waals surface area contributed by atoms with Crippen molar-refractivity contribution in [3.8, 4) is 5.75 Å². The number of ether oxygens (including phenoxy) is 1. The van der Waals surface area contributed by atoms with Gasteiger partial charge in [-0.3, -0.25) is 9.69 Å². The first-order chi connectivity index (χ1) is 14.2. The predicted octanol–water partition coefficient (Wildman–Crippen LogP) is 5.50. The molecule has 3 aromatic rings. The van der Waals surface area contributed by atoms with Gasteiger partial charge in [-0.15, -0.1) is 0 Å². The standard InChI is InChI=1S/C24H20N2O2S/c1-28-21-14-8-11-19(15-21)16-22-23(27)26(17-18-9-4-2-5-10-18)24(29-22)25-20-12-6-3-7-13-20/h2-16H,17H2,1H3. The first kappa shape index (κ1) is 19.0. The second-order valence-corrected chi connectivity index (χ2v) is 7.50. The van der Waals surface area contributed by atoms with Crippen LogP contribution in [0.1, 0.15) is 11.1 Å². The second-order valence-electron chi connectivity index (χ2n) is 6.49. The average Bonchev–Trinajstić information content (AvgIpc) is 3.04. The van der Waals surface area contributed by atoms with Crippen LogP contribution in [0, 0.1) is 0 Å². The second kappa shape index (κ2) is 8.80. The fourth-order valence-electron chi connectivity index (χ4n) is 2.99. The molecule has 4 nitrogen and oxygen atoms in total. The highest BCUT2D eigenvalue weighted by Crippen LogP contribution is 2.35. The zero-order chi connectivity index (χ0) is 20.1. The molecule has 0 spiro atoms. The topological polar surface area (TPSA) is 41.9 Å². The fourth-order valence-corrected chi connectivity index (χ4v) is 3.99. The molecule has 0 N–H and O–H groups in total. The number of methoxy groups -OCH3 is 1. The van der Waals surface area contributed by atoms with Crippen LogP contribution in [-0.4, -0.2) is 23.1 Å².